The number of rotatable bonds is 4. The Morgan fingerprint density at radius 3 is 2.33 bits per heavy atom. The van der Waals surface area contributed by atoms with Crippen LogP contribution in [0.1, 0.15) is 36.8 Å². The third kappa shape index (κ3) is 3.88. The van der Waals surface area contributed by atoms with E-state index < -0.39 is 0 Å². The third-order valence-electron chi connectivity index (χ3n) is 6.85. The first-order valence-corrected chi connectivity index (χ1v) is 10.4. The molecule has 1 N–H and O–H groups in total. The van der Waals surface area contributed by atoms with Crippen molar-refractivity contribution in [3.8, 4) is 0 Å². The van der Waals surface area contributed by atoms with Gasteiger partial charge in [-0.05, 0) is 56.1 Å². The summed E-state index contributed by atoms with van der Waals surface area (Å²) in [5, 5.41) is 3.06. The first-order valence-electron chi connectivity index (χ1n) is 10.4. The largest absolute Gasteiger partial charge is 0.340 e. The van der Waals surface area contributed by atoms with Crippen molar-refractivity contribution in [3.63, 3.8) is 0 Å². The quantitative estimate of drug-likeness (QED) is 0.888. The van der Waals surface area contributed by atoms with E-state index in [0.29, 0.717) is 18.4 Å². The molecule has 3 atom stereocenters. The molecule has 1 aromatic rings. The maximum atomic E-state index is 12.9. The highest BCUT2D eigenvalue weighted by atomic mass is 16.2. The number of carbonyl (C=O) groups excluding carboxylic acids is 2. The van der Waals surface area contributed by atoms with E-state index in [0.717, 1.165) is 55.3 Å². The van der Waals surface area contributed by atoms with E-state index in [9.17, 15) is 9.59 Å². The summed E-state index contributed by atoms with van der Waals surface area (Å²) in [5.74, 6) is 2.13. The number of anilines is 1. The Kier molecular flexibility index (Phi) is 5.22. The Bertz CT molecular complexity index is 704. The highest BCUT2D eigenvalue weighted by Crippen LogP contribution is 2.48. The number of fused-ring (bicyclic) bond motifs is 2. The van der Waals surface area contributed by atoms with E-state index in [-0.39, 0.29) is 11.8 Å². The molecule has 2 saturated carbocycles. The van der Waals surface area contributed by atoms with Crippen LogP contribution in [0.2, 0.25) is 0 Å². The molecule has 3 unspecified atom stereocenters. The average molecular weight is 370 g/mol. The molecule has 1 heterocycles. The van der Waals surface area contributed by atoms with Gasteiger partial charge < -0.3 is 10.2 Å². The second-order valence-corrected chi connectivity index (χ2v) is 8.70. The average Bonchev–Trinajstić information content (AvgIpc) is 3.28. The minimum Gasteiger partial charge on any atom is -0.340 e. The molecule has 2 bridgehead atoms. The maximum Gasteiger partial charge on any atom is 0.238 e. The SMILES string of the molecule is Cc1cccc(C)c1NC(=O)CN1CCN(C(=O)C2CC3CCC2C3)CC1. The normalized spacial score (nSPS) is 27.8. The summed E-state index contributed by atoms with van der Waals surface area (Å²) in [7, 11) is 0. The smallest absolute Gasteiger partial charge is 0.238 e. The predicted molar refractivity (Wildman–Crippen MR) is 107 cm³/mol. The van der Waals surface area contributed by atoms with Crippen molar-refractivity contribution in [3.05, 3.63) is 29.3 Å². The third-order valence-corrected chi connectivity index (χ3v) is 6.85. The van der Waals surface area contributed by atoms with E-state index in [1.807, 2.05) is 36.9 Å². The maximum absolute atomic E-state index is 12.9. The van der Waals surface area contributed by atoms with Crippen molar-refractivity contribution >= 4 is 17.5 Å². The number of benzene rings is 1. The van der Waals surface area contributed by atoms with Gasteiger partial charge in [0.05, 0.1) is 6.54 Å². The van der Waals surface area contributed by atoms with Crippen molar-refractivity contribution < 1.29 is 9.59 Å². The van der Waals surface area contributed by atoms with Gasteiger partial charge in [-0.25, -0.2) is 0 Å². The van der Waals surface area contributed by atoms with Gasteiger partial charge in [0, 0.05) is 37.8 Å². The molecule has 2 aliphatic carbocycles. The molecule has 3 aliphatic rings. The highest BCUT2D eigenvalue weighted by Gasteiger charge is 2.44. The lowest BCUT2D eigenvalue weighted by Gasteiger charge is -2.37. The monoisotopic (exact) mass is 369 g/mol. The van der Waals surface area contributed by atoms with Crippen molar-refractivity contribution in [1.29, 1.82) is 0 Å². The second-order valence-electron chi connectivity index (χ2n) is 8.70. The van der Waals surface area contributed by atoms with E-state index in [4.69, 9.17) is 0 Å². The Morgan fingerprint density at radius 1 is 1.04 bits per heavy atom. The van der Waals surface area contributed by atoms with Crippen LogP contribution in [0.15, 0.2) is 18.2 Å². The number of nitrogens with zero attached hydrogens (tertiary/aromatic N) is 2. The van der Waals surface area contributed by atoms with Gasteiger partial charge in [-0.3, -0.25) is 14.5 Å². The number of piperazine rings is 1. The minimum atomic E-state index is 0.0280. The van der Waals surface area contributed by atoms with Gasteiger partial charge in [-0.2, -0.15) is 0 Å². The molecule has 4 rings (SSSR count). The molecule has 5 nitrogen and oxygen atoms in total. The molecule has 1 aromatic carbocycles. The first kappa shape index (κ1) is 18.5. The number of carbonyl (C=O) groups is 2. The van der Waals surface area contributed by atoms with Crippen LogP contribution in [0.25, 0.3) is 0 Å². The van der Waals surface area contributed by atoms with Crippen molar-refractivity contribution in [2.75, 3.05) is 38.0 Å². The number of hydrogen-bond acceptors (Lipinski definition) is 3. The second kappa shape index (κ2) is 7.63. The molecular formula is C22H31N3O2. The van der Waals surface area contributed by atoms with Crippen LogP contribution in [0, 0.1) is 31.6 Å². The fourth-order valence-corrected chi connectivity index (χ4v) is 5.30. The predicted octanol–water partition coefficient (Wildman–Crippen LogP) is 2.82. The molecule has 2 amide bonds. The van der Waals surface area contributed by atoms with Crippen LogP contribution in [0.3, 0.4) is 0 Å². The Morgan fingerprint density at radius 2 is 1.74 bits per heavy atom. The zero-order valence-corrected chi connectivity index (χ0v) is 16.5. The van der Waals surface area contributed by atoms with E-state index in [1.165, 1.54) is 19.3 Å². The summed E-state index contributed by atoms with van der Waals surface area (Å²) < 4.78 is 0. The van der Waals surface area contributed by atoms with Gasteiger partial charge in [0.2, 0.25) is 11.8 Å². The van der Waals surface area contributed by atoms with Crippen LogP contribution in [0.5, 0.6) is 0 Å². The van der Waals surface area contributed by atoms with Gasteiger partial charge in [-0.15, -0.1) is 0 Å². The highest BCUT2D eigenvalue weighted by molar-refractivity contribution is 5.93. The summed E-state index contributed by atoms with van der Waals surface area (Å²) in [4.78, 5) is 29.5. The standard InChI is InChI=1S/C22H31N3O2/c1-15-4-3-5-16(2)21(15)23-20(26)14-24-8-10-25(11-9-24)22(27)19-13-17-6-7-18(19)12-17/h3-5,17-19H,6-14H2,1-2H3,(H,23,26). The van der Waals surface area contributed by atoms with Crippen LogP contribution in [-0.2, 0) is 9.59 Å². The van der Waals surface area contributed by atoms with Gasteiger partial charge >= 0.3 is 0 Å². The number of amides is 2. The number of para-hydroxylation sites is 1. The van der Waals surface area contributed by atoms with E-state index in [1.54, 1.807) is 0 Å². The first-order chi connectivity index (χ1) is 13.0. The van der Waals surface area contributed by atoms with E-state index >= 15 is 0 Å². The lowest BCUT2D eigenvalue weighted by atomic mass is 9.87. The van der Waals surface area contributed by atoms with Crippen LogP contribution < -0.4 is 5.32 Å². The topological polar surface area (TPSA) is 52.7 Å². The van der Waals surface area contributed by atoms with Crippen LogP contribution >= 0.6 is 0 Å². The fraction of sp³-hybridized carbons (Fsp3) is 0.636. The van der Waals surface area contributed by atoms with Crippen molar-refractivity contribution in [1.82, 2.24) is 9.80 Å². The van der Waals surface area contributed by atoms with Gasteiger partial charge in [0.15, 0.2) is 0 Å². The number of aryl methyl sites for hydroxylation is 2. The Hall–Kier alpha value is -1.88. The zero-order valence-electron chi connectivity index (χ0n) is 16.5. The minimum absolute atomic E-state index is 0.0280. The summed E-state index contributed by atoms with van der Waals surface area (Å²) in [6.45, 7) is 7.50. The molecule has 0 radical (unpaired) electrons. The molecule has 27 heavy (non-hydrogen) atoms. The van der Waals surface area contributed by atoms with Crippen LogP contribution in [-0.4, -0.2) is 54.3 Å². The fourth-order valence-electron chi connectivity index (χ4n) is 5.30. The number of hydrogen-bond donors (Lipinski definition) is 1. The van der Waals surface area contributed by atoms with Gasteiger partial charge in [-0.1, -0.05) is 24.6 Å². The molecule has 0 spiro atoms. The molecule has 5 heteroatoms. The molecule has 1 saturated heterocycles. The summed E-state index contributed by atoms with van der Waals surface area (Å²) in [6, 6.07) is 6.04. The summed E-state index contributed by atoms with van der Waals surface area (Å²) in [6.07, 6.45) is 4.97. The molecule has 1 aliphatic heterocycles. The molecule has 3 fully saturated rings. The molecule has 0 aromatic heterocycles. The Balaban J connectivity index is 1.26. The van der Waals surface area contributed by atoms with Crippen molar-refractivity contribution in [2.45, 2.75) is 39.5 Å². The Labute approximate surface area is 162 Å². The molecular weight excluding hydrogens is 338 g/mol. The van der Waals surface area contributed by atoms with Crippen molar-refractivity contribution in [2.24, 2.45) is 17.8 Å². The summed E-state index contributed by atoms with van der Waals surface area (Å²) in [5.41, 5.74) is 3.10. The van der Waals surface area contributed by atoms with Crippen LogP contribution in [0.4, 0.5) is 5.69 Å². The number of nitrogens with one attached hydrogen (secondary N) is 1. The lowest BCUT2D eigenvalue weighted by Crippen LogP contribution is -2.52. The zero-order chi connectivity index (χ0) is 19.0. The van der Waals surface area contributed by atoms with E-state index in [2.05, 4.69) is 10.2 Å². The van der Waals surface area contributed by atoms with Gasteiger partial charge in [0.25, 0.3) is 0 Å². The lowest BCUT2D eigenvalue weighted by molar-refractivity contribution is -0.139. The molecule has 146 valence electrons. The van der Waals surface area contributed by atoms with Gasteiger partial charge in [0.1, 0.15) is 0 Å². The summed E-state index contributed by atoms with van der Waals surface area (Å²) >= 11 is 0.